The van der Waals surface area contributed by atoms with E-state index >= 15 is 0 Å². The van der Waals surface area contributed by atoms with Crippen LogP contribution in [-0.2, 0) is 12.7 Å². The van der Waals surface area contributed by atoms with Gasteiger partial charge in [-0.1, -0.05) is 24.3 Å². The molecule has 1 aromatic carbocycles. The molecular formula is C20H17F3N4O. The number of halogens is 3. The van der Waals surface area contributed by atoms with Crippen molar-refractivity contribution >= 4 is 5.91 Å². The van der Waals surface area contributed by atoms with E-state index in [1.54, 1.807) is 36.4 Å². The fourth-order valence-electron chi connectivity index (χ4n) is 2.91. The van der Waals surface area contributed by atoms with Gasteiger partial charge in [-0.3, -0.25) is 4.79 Å². The summed E-state index contributed by atoms with van der Waals surface area (Å²) < 4.78 is 40.3. The van der Waals surface area contributed by atoms with Crippen LogP contribution in [0.4, 0.5) is 13.2 Å². The Bertz CT molecular complexity index is 977. The Morgan fingerprint density at radius 1 is 1.14 bits per heavy atom. The van der Waals surface area contributed by atoms with Crippen molar-refractivity contribution in [3.63, 3.8) is 0 Å². The molecule has 144 valence electrons. The Labute approximate surface area is 159 Å². The molecule has 1 fully saturated rings. The lowest BCUT2D eigenvalue weighted by atomic mass is 10.2. The summed E-state index contributed by atoms with van der Waals surface area (Å²) in [5.41, 5.74) is 0.918. The van der Waals surface area contributed by atoms with Gasteiger partial charge in [0.15, 0.2) is 11.5 Å². The van der Waals surface area contributed by atoms with E-state index in [4.69, 9.17) is 0 Å². The zero-order chi connectivity index (χ0) is 19.7. The molecule has 1 aliphatic carbocycles. The number of hydrogen-bond donors (Lipinski definition) is 1. The summed E-state index contributed by atoms with van der Waals surface area (Å²) in [5, 5.41) is 6.50. The van der Waals surface area contributed by atoms with Gasteiger partial charge in [0.1, 0.15) is 0 Å². The third-order valence-corrected chi connectivity index (χ3v) is 4.54. The highest BCUT2D eigenvalue weighted by atomic mass is 19.4. The predicted octanol–water partition coefficient (Wildman–Crippen LogP) is 4.09. The molecule has 1 N–H and O–H groups in total. The maximum Gasteiger partial charge on any atom is 0.435 e. The second-order valence-electron chi connectivity index (χ2n) is 6.71. The highest BCUT2D eigenvalue weighted by molar-refractivity contribution is 5.94. The lowest BCUT2D eigenvalue weighted by Gasteiger charge is -2.08. The summed E-state index contributed by atoms with van der Waals surface area (Å²) >= 11 is 0. The molecule has 0 spiro atoms. The largest absolute Gasteiger partial charge is 0.435 e. The normalized spacial score (nSPS) is 14.1. The summed E-state index contributed by atoms with van der Waals surface area (Å²) in [6.45, 7) is 0.267. The van der Waals surface area contributed by atoms with Crippen molar-refractivity contribution < 1.29 is 18.0 Å². The van der Waals surface area contributed by atoms with Gasteiger partial charge in [0, 0.05) is 29.9 Å². The Balaban J connectivity index is 1.49. The average Bonchev–Trinajstić information content (AvgIpc) is 3.44. The van der Waals surface area contributed by atoms with Crippen molar-refractivity contribution in [1.29, 1.82) is 0 Å². The number of amides is 1. The van der Waals surface area contributed by atoms with Crippen LogP contribution in [0.3, 0.4) is 0 Å². The number of benzene rings is 1. The molecule has 0 unspecified atom stereocenters. The SMILES string of the molecule is O=C(NCc1ccc(-n2nc(C(F)(F)F)cc2C2CC2)nc1)c1ccccc1. The molecule has 28 heavy (non-hydrogen) atoms. The quantitative estimate of drug-likeness (QED) is 0.718. The van der Waals surface area contributed by atoms with E-state index in [-0.39, 0.29) is 18.4 Å². The summed E-state index contributed by atoms with van der Waals surface area (Å²) in [4.78, 5) is 16.3. The van der Waals surface area contributed by atoms with Gasteiger partial charge in [-0.2, -0.15) is 18.3 Å². The van der Waals surface area contributed by atoms with Crippen molar-refractivity contribution in [3.8, 4) is 5.82 Å². The van der Waals surface area contributed by atoms with E-state index in [1.807, 2.05) is 6.07 Å². The number of alkyl halides is 3. The molecule has 1 aliphatic rings. The number of nitrogens with one attached hydrogen (secondary N) is 1. The number of pyridine rings is 1. The molecule has 8 heteroatoms. The molecule has 1 saturated carbocycles. The highest BCUT2D eigenvalue weighted by Gasteiger charge is 2.38. The van der Waals surface area contributed by atoms with Crippen LogP contribution >= 0.6 is 0 Å². The molecule has 4 rings (SSSR count). The van der Waals surface area contributed by atoms with Crippen LogP contribution in [0.2, 0.25) is 0 Å². The van der Waals surface area contributed by atoms with Crippen LogP contribution in [0.25, 0.3) is 5.82 Å². The first-order chi connectivity index (χ1) is 13.4. The van der Waals surface area contributed by atoms with E-state index in [2.05, 4.69) is 15.4 Å². The van der Waals surface area contributed by atoms with Crippen LogP contribution in [0.1, 0.15) is 46.1 Å². The van der Waals surface area contributed by atoms with E-state index < -0.39 is 11.9 Å². The molecule has 1 amide bonds. The molecule has 2 heterocycles. The smallest absolute Gasteiger partial charge is 0.348 e. The molecule has 0 radical (unpaired) electrons. The zero-order valence-electron chi connectivity index (χ0n) is 14.8. The molecule has 0 aliphatic heterocycles. The van der Waals surface area contributed by atoms with Gasteiger partial charge in [0.25, 0.3) is 5.91 Å². The summed E-state index contributed by atoms with van der Waals surface area (Å²) in [6.07, 6.45) is -1.25. The Hall–Kier alpha value is -3.16. The van der Waals surface area contributed by atoms with Gasteiger partial charge in [-0.05, 0) is 42.7 Å². The van der Waals surface area contributed by atoms with Crippen LogP contribution in [0.15, 0.2) is 54.7 Å². The number of carbonyl (C=O) groups is 1. The van der Waals surface area contributed by atoms with Crippen LogP contribution < -0.4 is 5.32 Å². The first-order valence-corrected chi connectivity index (χ1v) is 8.87. The van der Waals surface area contributed by atoms with Crippen molar-refractivity contribution in [1.82, 2.24) is 20.1 Å². The van der Waals surface area contributed by atoms with E-state index in [0.29, 0.717) is 17.1 Å². The fraction of sp³-hybridized carbons (Fsp3) is 0.250. The van der Waals surface area contributed by atoms with Crippen molar-refractivity contribution in [2.24, 2.45) is 0 Å². The molecule has 0 atom stereocenters. The minimum Gasteiger partial charge on any atom is -0.348 e. The van der Waals surface area contributed by atoms with Crippen molar-refractivity contribution in [3.05, 3.63) is 77.2 Å². The minimum absolute atomic E-state index is 0.0928. The second kappa shape index (κ2) is 7.10. The fourth-order valence-corrected chi connectivity index (χ4v) is 2.91. The van der Waals surface area contributed by atoms with Crippen molar-refractivity contribution in [2.45, 2.75) is 31.5 Å². The maximum atomic E-state index is 13.0. The summed E-state index contributed by atoms with van der Waals surface area (Å²) in [5.74, 6) is 0.216. The first-order valence-electron chi connectivity index (χ1n) is 8.87. The van der Waals surface area contributed by atoms with Crippen molar-refractivity contribution in [2.75, 3.05) is 0 Å². The summed E-state index contributed by atoms with van der Waals surface area (Å²) in [7, 11) is 0. The Morgan fingerprint density at radius 2 is 1.89 bits per heavy atom. The lowest BCUT2D eigenvalue weighted by Crippen LogP contribution is -2.22. The topological polar surface area (TPSA) is 59.8 Å². The summed E-state index contributed by atoms with van der Waals surface area (Å²) in [6, 6.07) is 13.3. The third kappa shape index (κ3) is 3.90. The van der Waals surface area contributed by atoms with E-state index in [9.17, 15) is 18.0 Å². The van der Waals surface area contributed by atoms with Crippen LogP contribution in [0.5, 0.6) is 0 Å². The Morgan fingerprint density at radius 3 is 2.50 bits per heavy atom. The molecule has 3 aromatic rings. The van der Waals surface area contributed by atoms with E-state index in [0.717, 1.165) is 24.5 Å². The van der Waals surface area contributed by atoms with Gasteiger partial charge < -0.3 is 5.32 Å². The number of nitrogens with zero attached hydrogens (tertiary/aromatic N) is 3. The second-order valence-corrected chi connectivity index (χ2v) is 6.71. The van der Waals surface area contributed by atoms with E-state index in [1.165, 1.54) is 10.9 Å². The highest BCUT2D eigenvalue weighted by Crippen LogP contribution is 2.42. The van der Waals surface area contributed by atoms with Gasteiger partial charge in [0.05, 0.1) is 0 Å². The molecule has 0 saturated heterocycles. The van der Waals surface area contributed by atoms with Gasteiger partial charge in [0.2, 0.25) is 0 Å². The van der Waals surface area contributed by atoms with Crippen LogP contribution in [0, 0.1) is 0 Å². The lowest BCUT2D eigenvalue weighted by molar-refractivity contribution is -0.141. The first kappa shape index (κ1) is 18.2. The minimum atomic E-state index is -4.49. The zero-order valence-corrected chi connectivity index (χ0v) is 14.8. The van der Waals surface area contributed by atoms with Gasteiger partial charge in [-0.25, -0.2) is 9.67 Å². The average molecular weight is 386 g/mol. The predicted molar refractivity (Wildman–Crippen MR) is 95.9 cm³/mol. The monoisotopic (exact) mass is 386 g/mol. The molecule has 5 nitrogen and oxygen atoms in total. The van der Waals surface area contributed by atoms with Gasteiger partial charge >= 0.3 is 6.18 Å². The third-order valence-electron chi connectivity index (χ3n) is 4.54. The number of carbonyl (C=O) groups excluding carboxylic acids is 1. The standard InChI is InChI=1S/C20H17F3N4O/c21-20(22,23)17-10-16(14-7-8-14)27(26-17)18-9-6-13(11-24-18)12-25-19(28)15-4-2-1-3-5-15/h1-6,9-11,14H,7-8,12H2,(H,25,28). The maximum absolute atomic E-state index is 13.0. The number of rotatable bonds is 5. The van der Waals surface area contributed by atoms with Gasteiger partial charge in [-0.15, -0.1) is 0 Å². The van der Waals surface area contributed by atoms with Crippen LogP contribution in [-0.4, -0.2) is 20.7 Å². The molecule has 2 aromatic heterocycles. The Kier molecular flexibility index (Phi) is 4.62. The molecular weight excluding hydrogens is 369 g/mol. The molecule has 0 bridgehead atoms. The number of hydrogen-bond acceptors (Lipinski definition) is 3. The number of aromatic nitrogens is 3.